The van der Waals surface area contributed by atoms with Crippen molar-refractivity contribution in [3.8, 4) is 11.5 Å². The molecule has 2 aromatic carbocycles. The van der Waals surface area contributed by atoms with Gasteiger partial charge in [0.15, 0.2) is 11.5 Å². The molecule has 0 atom stereocenters. The Bertz CT molecular complexity index is 835. The van der Waals surface area contributed by atoms with Crippen LogP contribution < -0.4 is 9.64 Å². The molecule has 0 spiro atoms. The van der Waals surface area contributed by atoms with Crippen molar-refractivity contribution in [3.05, 3.63) is 64.4 Å². The summed E-state index contributed by atoms with van der Waals surface area (Å²) < 4.78 is 5.90. The minimum atomic E-state index is -0.132. The van der Waals surface area contributed by atoms with Crippen LogP contribution in [0, 0.1) is 6.92 Å². The Morgan fingerprint density at radius 2 is 1.92 bits per heavy atom. The van der Waals surface area contributed by atoms with Crippen molar-refractivity contribution in [1.29, 1.82) is 0 Å². The van der Waals surface area contributed by atoms with Gasteiger partial charge in [-0.05, 0) is 44.5 Å². The molecule has 0 radical (unpaired) electrons. The lowest BCUT2D eigenvalue weighted by molar-refractivity contribution is -0.910. The Labute approximate surface area is 148 Å². The molecule has 1 aliphatic rings. The highest BCUT2D eigenvalue weighted by molar-refractivity contribution is 6.14. The van der Waals surface area contributed by atoms with Crippen LogP contribution in [-0.4, -0.2) is 24.0 Å². The molecule has 1 heterocycles. The van der Waals surface area contributed by atoms with Crippen molar-refractivity contribution in [1.82, 2.24) is 0 Å². The molecule has 130 valence electrons. The Hall–Kier alpha value is -2.59. The van der Waals surface area contributed by atoms with E-state index in [4.69, 9.17) is 4.74 Å². The average Bonchev–Trinajstić information content (AvgIpc) is 2.90. The fraction of sp³-hybridized carbons (Fsp3) is 0.286. The third-order valence-corrected chi connectivity index (χ3v) is 4.68. The monoisotopic (exact) mass is 338 g/mol. The van der Waals surface area contributed by atoms with Gasteiger partial charge in [-0.3, -0.25) is 4.79 Å². The molecule has 0 fully saturated rings. The molecule has 4 heteroatoms. The van der Waals surface area contributed by atoms with Crippen LogP contribution in [0.4, 0.5) is 0 Å². The number of fused-ring (bicyclic) bond motifs is 1. The second kappa shape index (κ2) is 7.11. The van der Waals surface area contributed by atoms with E-state index in [1.165, 1.54) is 4.90 Å². The van der Waals surface area contributed by atoms with Crippen molar-refractivity contribution in [2.45, 2.75) is 27.3 Å². The van der Waals surface area contributed by atoms with Crippen molar-refractivity contribution < 1.29 is 19.5 Å². The number of aromatic hydroxyl groups is 1. The van der Waals surface area contributed by atoms with Crippen LogP contribution >= 0.6 is 0 Å². The number of phenols is 1. The summed E-state index contributed by atoms with van der Waals surface area (Å²) in [4.78, 5) is 14.0. The first-order valence-corrected chi connectivity index (χ1v) is 8.72. The molecule has 0 amide bonds. The fourth-order valence-corrected chi connectivity index (χ4v) is 3.13. The van der Waals surface area contributed by atoms with Crippen molar-refractivity contribution in [2.24, 2.45) is 0 Å². The normalized spacial score (nSPS) is 14.9. The molecule has 0 unspecified atom stereocenters. The number of hydrogen-bond donors (Lipinski definition) is 2. The second-order valence-electron chi connectivity index (χ2n) is 6.43. The fourth-order valence-electron chi connectivity index (χ4n) is 3.13. The number of aryl methyl sites for hydroxylation is 1. The van der Waals surface area contributed by atoms with Gasteiger partial charge in [-0.2, -0.15) is 0 Å². The molecule has 1 aliphatic heterocycles. The maximum Gasteiger partial charge on any atom is 0.231 e. The largest absolute Gasteiger partial charge is 0.507 e. The molecular formula is C21H24NO3+. The van der Waals surface area contributed by atoms with Crippen LogP contribution in [-0.2, 0) is 6.54 Å². The number of carbonyl (C=O) groups is 1. The predicted octanol–water partition coefficient (Wildman–Crippen LogP) is 2.74. The molecule has 4 nitrogen and oxygen atoms in total. The van der Waals surface area contributed by atoms with Gasteiger partial charge in [0, 0.05) is 0 Å². The van der Waals surface area contributed by atoms with E-state index < -0.39 is 0 Å². The first-order chi connectivity index (χ1) is 12.0. The molecule has 25 heavy (non-hydrogen) atoms. The summed E-state index contributed by atoms with van der Waals surface area (Å²) in [6.07, 6.45) is 1.76. The van der Waals surface area contributed by atoms with E-state index in [-0.39, 0.29) is 11.5 Å². The van der Waals surface area contributed by atoms with Crippen LogP contribution in [0.3, 0.4) is 0 Å². The lowest BCUT2D eigenvalue weighted by Gasteiger charge is -2.17. The lowest BCUT2D eigenvalue weighted by atomic mass is 10.0. The van der Waals surface area contributed by atoms with Gasteiger partial charge in [-0.1, -0.05) is 29.8 Å². The number of phenolic OH excluding ortho intramolecular Hbond substituents is 1. The van der Waals surface area contributed by atoms with Crippen LogP contribution in [0.1, 0.15) is 40.9 Å². The Morgan fingerprint density at radius 1 is 1.16 bits per heavy atom. The van der Waals surface area contributed by atoms with Gasteiger partial charge in [-0.15, -0.1) is 0 Å². The van der Waals surface area contributed by atoms with Crippen LogP contribution in [0.2, 0.25) is 0 Å². The predicted molar refractivity (Wildman–Crippen MR) is 98.0 cm³/mol. The summed E-state index contributed by atoms with van der Waals surface area (Å²) in [7, 11) is 0. The molecule has 0 saturated heterocycles. The first-order valence-electron chi connectivity index (χ1n) is 8.72. The summed E-state index contributed by atoms with van der Waals surface area (Å²) in [5.74, 6) is 0.861. The average molecular weight is 338 g/mol. The molecule has 2 N–H and O–H groups in total. The molecular weight excluding hydrogens is 314 g/mol. The van der Waals surface area contributed by atoms with Gasteiger partial charge in [0.25, 0.3) is 0 Å². The van der Waals surface area contributed by atoms with E-state index in [9.17, 15) is 9.90 Å². The van der Waals surface area contributed by atoms with Gasteiger partial charge >= 0.3 is 0 Å². The van der Waals surface area contributed by atoms with Crippen molar-refractivity contribution >= 4 is 11.9 Å². The summed E-state index contributed by atoms with van der Waals surface area (Å²) >= 11 is 0. The Balaban J connectivity index is 1.98. The van der Waals surface area contributed by atoms with Crippen LogP contribution in [0.5, 0.6) is 11.5 Å². The van der Waals surface area contributed by atoms with E-state index in [0.29, 0.717) is 29.2 Å². The van der Waals surface area contributed by atoms with Gasteiger partial charge < -0.3 is 14.7 Å². The number of hydrogen-bond acceptors (Lipinski definition) is 3. The molecule has 2 aromatic rings. The summed E-state index contributed by atoms with van der Waals surface area (Å²) in [6, 6.07) is 11.1. The minimum absolute atomic E-state index is 0.132. The van der Waals surface area contributed by atoms with Gasteiger partial charge in [-0.25, -0.2) is 0 Å². The number of allylic oxidation sites excluding steroid dienone is 1. The van der Waals surface area contributed by atoms with E-state index in [1.807, 2.05) is 31.2 Å². The smallest absolute Gasteiger partial charge is 0.231 e. The van der Waals surface area contributed by atoms with E-state index in [1.54, 1.807) is 18.2 Å². The Kier molecular flexibility index (Phi) is 4.91. The van der Waals surface area contributed by atoms with E-state index in [0.717, 1.165) is 24.2 Å². The second-order valence-corrected chi connectivity index (χ2v) is 6.43. The molecule has 3 rings (SSSR count). The zero-order valence-corrected chi connectivity index (χ0v) is 14.9. The number of benzene rings is 2. The maximum absolute atomic E-state index is 12.7. The Morgan fingerprint density at radius 3 is 2.60 bits per heavy atom. The number of carbonyl (C=O) groups excluding carboxylic acids is 1. The van der Waals surface area contributed by atoms with Gasteiger partial charge in [0.1, 0.15) is 12.3 Å². The standard InChI is InChI=1S/C21H23NO3/c1-4-22(5-2)13-17-18(23)10-9-16-20(24)19(25-21(16)17)12-15-8-6-7-14(3)11-15/h6-12,23H,4-5,13H2,1-3H3/p+1/b19-12-. The number of ether oxygens (including phenoxy) is 1. The molecule has 0 aliphatic carbocycles. The highest BCUT2D eigenvalue weighted by Crippen LogP contribution is 2.39. The molecule has 0 saturated carbocycles. The van der Waals surface area contributed by atoms with E-state index in [2.05, 4.69) is 13.8 Å². The van der Waals surface area contributed by atoms with Gasteiger partial charge in [0.2, 0.25) is 5.78 Å². The number of ketones is 1. The number of nitrogens with one attached hydrogen (secondary N) is 1. The summed E-state index contributed by atoms with van der Waals surface area (Å²) in [5.41, 5.74) is 3.28. The summed E-state index contributed by atoms with van der Waals surface area (Å²) in [5, 5.41) is 10.3. The highest BCUT2D eigenvalue weighted by Gasteiger charge is 2.32. The van der Waals surface area contributed by atoms with Crippen molar-refractivity contribution in [3.63, 3.8) is 0 Å². The lowest BCUT2D eigenvalue weighted by Crippen LogP contribution is -3.10. The first kappa shape index (κ1) is 17.2. The minimum Gasteiger partial charge on any atom is -0.507 e. The van der Waals surface area contributed by atoms with E-state index >= 15 is 0 Å². The van der Waals surface area contributed by atoms with Crippen LogP contribution in [0.15, 0.2) is 42.2 Å². The molecule has 0 bridgehead atoms. The zero-order chi connectivity index (χ0) is 18.0. The number of quaternary nitrogens is 1. The summed E-state index contributed by atoms with van der Waals surface area (Å²) in [6.45, 7) is 8.74. The molecule has 0 aromatic heterocycles. The third kappa shape index (κ3) is 3.44. The third-order valence-electron chi connectivity index (χ3n) is 4.68. The highest BCUT2D eigenvalue weighted by atomic mass is 16.5. The number of Topliss-reactive ketones (excluding diaryl/α,β-unsaturated/α-hetero) is 1. The maximum atomic E-state index is 12.7. The van der Waals surface area contributed by atoms with Crippen LogP contribution in [0.25, 0.3) is 6.08 Å². The SMILES string of the molecule is CC[NH+](CC)Cc1c(O)ccc2c1O/C(=C\c1cccc(C)c1)C2=O. The number of rotatable bonds is 5. The van der Waals surface area contributed by atoms with Crippen molar-refractivity contribution in [2.75, 3.05) is 13.1 Å². The zero-order valence-electron chi connectivity index (χ0n) is 14.9. The quantitative estimate of drug-likeness (QED) is 0.824. The topological polar surface area (TPSA) is 51.0 Å². The van der Waals surface area contributed by atoms with Gasteiger partial charge in [0.05, 0.1) is 24.2 Å².